The van der Waals surface area contributed by atoms with Gasteiger partial charge in [0.1, 0.15) is 5.70 Å². The Morgan fingerprint density at radius 3 is 2.48 bits per heavy atom. The number of aliphatic hydroxyl groups is 2. The number of ketones is 1. The first kappa shape index (κ1) is 17.1. The number of para-hydroxylation sites is 1. The Hall–Kier alpha value is -2.70. The molecule has 0 radical (unpaired) electrons. The summed E-state index contributed by atoms with van der Waals surface area (Å²) >= 11 is 0. The highest BCUT2D eigenvalue weighted by atomic mass is 16.5. The van der Waals surface area contributed by atoms with Crippen LogP contribution in [0, 0.1) is 5.92 Å². The van der Waals surface area contributed by atoms with Crippen LogP contribution in [0.2, 0.25) is 0 Å². The predicted molar refractivity (Wildman–Crippen MR) is 94.1 cm³/mol. The van der Waals surface area contributed by atoms with E-state index in [4.69, 9.17) is 0 Å². The van der Waals surface area contributed by atoms with E-state index >= 15 is 0 Å². The van der Waals surface area contributed by atoms with Crippen molar-refractivity contribution in [1.82, 2.24) is 10.3 Å². The largest absolute Gasteiger partial charge is 0.382 e. The lowest BCUT2D eigenvalue weighted by Gasteiger charge is -2.28. The lowest BCUT2D eigenvalue weighted by Crippen LogP contribution is -2.34. The zero-order chi connectivity index (χ0) is 17.6. The van der Waals surface area contributed by atoms with Gasteiger partial charge in [-0.1, -0.05) is 18.2 Å². The molecule has 1 aromatic carbocycles. The molecule has 1 unspecified atom stereocenters. The number of benzene rings is 1. The van der Waals surface area contributed by atoms with Gasteiger partial charge in [-0.25, -0.2) is 0 Å². The molecule has 3 rings (SSSR count). The third kappa shape index (κ3) is 4.43. The van der Waals surface area contributed by atoms with Crippen LogP contribution in [0.5, 0.6) is 0 Å². The summed E-state index contributed by atoms with van der Waals surface area (Å²) in [5.41, 5.74) is 3.02. The zero-order valence-electron chi connectivity index (χ0n) is 13.7. The first-order valence-electron chi connectivity index (χ1n) is 8.21. The molecule has 0 amide bonds. The fourth-order valence-electron chi connectivity index (χ4n) is 2.84. The summed E-state index contributed by atoms with van der Waals surface area (Å²) in [6, 6.07) is 13.2. The molecule has 130 valence electrons. The van der Waals surface area contributed by atoms with Crippen LogP contribution < -0.4 is 10.6 Å². The van der Waals surface area contributed by atoms with E-state index in [0.717, 1.165) is 11.3 Å². The normalized spacial score (nSPS) is 17.7. The summed E-state index contributed by atoms with van der Waals surface area (Å²) in [5, 5.41) is 25.4. The molecule has 6 nitrogen and oxygen atoms in total. The van der Waals surface area contributed by atoms with Gasteiger partial charge in [0.25, 0.3) is 0 Å². The summed E-state index contributed by atoms with van der Waals surface area (Å²) in [5.74, 6) is -0.640. The fourth-order valence-corrected chi connectivity index (χ4v) is 2.84. The van der Waals surface area contributed by atoms with Crippen LogP contribution >= 0.6 is 0 Å². The molecule has 0 spiro atoms. The van der Waals surface area contributed by atoms with E-state index in [1.807, 2.05) is 42.5 Å². The molecule has 1 heterocycles. The Morgan fingerprint density at radius 1 is 1.08 bits per heavy atom. The number of hydrogen-bond acceptors (Lipinski definition) is 6. The molecule has 25 heavy (non-hydrogen) atoms. The molecule has 1 aliphatic carbocycles. The molecule has 1 aliphatic rings. The Morgan fingerprint density at radius 2 is 1.80 bits per heavy atom. The maximum absolute atomic E-state index is 12.5. The van der Waals surface area contributed by atoms with Crippen molar-refractivity contribution in [1.29, 1.82) is 0 Å². The highest BCUT2D eigenvalue weighted by Gasteiger charge is 2.31. The van der Waals surface area contributed by atoms with Crippen LogP contribution in [-0.2, 0) is 11.3 Å². The van der Waals surface area contributed by atoms with Crippen molar-refractivity contribution >= 4 is 11.5 Å². The van der Waals surface area contributed by atoms with E-state index in [1.54, 1.807) is 12.4 Å². The molecule has 2 aromatic rings. The van der Waals surface area contributed by atoms with E-state index in [2.05, 4.69) is 15.6 Å². The second-order valence-corrected chi connectivity index (χ2v) is 6.06. The number of Topliss-reactive ketones (excluding diaryl/α,β-unsaturated/α-hetero) is 1. The minimum atomic E-state index is -1.51. The maximum Gasteiger partial charge on any atom is 0.181 e. The minimum Gasteiger partial charge on any atom is -0.382 e. The van der Waals surface area contributed by atoms with Crippen LogP contribution in [0.3, 0.4) is 0 Å². The number of carbonyl (C=O) groups is 1. The molecule has 0 aliphatic heterocycles. The Balaban J connectivity index is 1.83. The molecular weight excluding hydrogens is 318 g/mol. The zero-order valence-corrected chi connectivity index (χ0v) is 13.7. The number of aliphatic hydroxyl groups excluding tert-OH is 1. The molecule has 1 aromatic heterocycles. The Labute approximate surface area is 146 Å². The third-order valence-electron chi connectivity index (χ3n) is 4.21. The van der Waals surface area contributed by atoms with Gasteiger partial charge in [-0.15, -0.1) is 0 Å². The first-order chi connectivity index (χ1) is 12.1. The number of rotatable bonds is 6. The number of pyridine rings is 1. The van der Waals surface area contributed by atoms with Crippen LogP contribution in [-0.4, -0.2) is 27.3 Å². The second kappa shape index (κ2) is 7.92. The summed E-state index contributed by atoms with van der Waals surface area (Å²) in [4.78, 5) is 16.5. The number of anilines is 1. The molecule has 0 saturated carbocycles. The van der Waals surface area contributed by atoms with Gasteiger partial charge in [0.15, 0.2) is 12.1 Å². The summed E-state index contributed by atoms with van der Waals surface area (Å²) < 4.78 is 0. The van der Waals surface area contributed by atoms with E-state index < -0.39 is 12.2 Å². The van der Waals surface area contributed by atoms with E-state index in [9.17, 15) is 15.0 Å². The van der Waals surface area contributed by atoms with Gasteiger partial charge >= 0.3 is 0 Å². The standard InChI is InChI=1S/C19H21N3O3/c23-17-11-14(19(24)25)10-16(21-12-13-6-8-20-9-7-13)18(17)22-15-4-2-1-3-5-15/h1-9,14,19,21-22,24-25H,10-12H2. The van der Waals surface area contributed by atoms with Crippen LogP contribution in [0.15, 0.2) is 66.3 Å². The van der Waals surface area contributed by atoms with E-state index in [-0.39, 0.29) is 12.2 Å². The van der Waals surface area contributed by atoms with Crippen molar-refractivity contribution in [2.75, 3.05) is 5.32 Å². The second-order valence-electron chi connectivity index (χ2n) is 6.06. The quantitative estimate of drug-likeness (QED) is 0.600. The molecule has 0 bridgehead atoms. The average Bonchev–Trinajstić information content (AvgIpc) is 2.63. The van der Waals surface area contributed by atoms with Gasteiger partial charge in [0.2, 0.25) is 0 Å². The van der Waals surface area contributed by atoms with E-state index in [1.165, 1.54) is 0 Å². The molecule has 0 saturated heterocycles. The van der Waals surface area contributed by atoms with Crippen molar-refractivity contribution in [3.05, 3.63) is 71.8 Å². The SMILES string of the molecule is O=C1CC(C(O)O)CC(NCc2ccncc2)=C1Nc1ccccc1. The van der Waals surface area contributed by atoms with Gasteiger partial charge in [-0.2, -0.15) is 0 Å². The molecule has 6 heteroatoms. The number of hydrogen-bond donors (Lipinski definition) is 4. The summed E-state index contributed by atoms with van der Waals surface area (Å²) in [6.45, 7) is 0.527. The topological polar surface area (TPSA) is 94.5 Å². The van der Waals surface area contributed by atoms with Gasteiger partial charge in [0.05, 0.1) is 0 Å². The van der Waals surface area contributed by atoms with Crippen LogP contribution in [0.25, 0.3) is 0 Å². The smallest absolute Gasteiger partial charge is 0.181 e. The highest BCUT2D eigenvalue weighted by Crippen LogP contribution is 2.28. The molecule has 1 atom stereocenters. The lowest BCUT2D eigenvalue weighted by atomic mass is 9.88. The van der Waals surface area contributed by atoms with Crippen molar-refractivity contribution in [2.45, 2.75) is 25.7 Å². The van der Waals surface area contributed by atoms with Crippen LogP contribution in [0.4, 0.5) is 5.69 Å². The molecule has 4 N–H and O–H groups in total. The van der Waals surface area contributed by atoms with Crippen molar-refractivity contribution in [2.24, 2.45) is 5.92 Å². The first-order valence-corrected chi connectivity index (χ1v) is 8.21. The summed E-state index contributed by atoms with van der Waals surface area (Å²) in [6.07, 6.45) is 2.40. The van der Waals surface area contributed by atoms with Gasteiger partial charge in [0, 0.05) is 42.7 Å². The monoisotopic (exact) mass is 339 g/mol. The fraction of sp³-hybridized carbons (Fsp3) is 0.263. The molecule has 0 fully saturated rings. The third-order valence-corrected chi connectivity index (χ3v) is 4.21. The van der Waals surface area contributed by atoms with Crippen molar-refractivity contribution < 1.29 is 15.0 Å². The lowest BCUT2D eigenvalue weighted by molar-refractivity contribution is -0.125. The minimum absolute atomic E-state index is 0.104. The Bertz CT molecular complexity index is 745. The number of nitrogens with zero attached hydrogens (tertiary/aromatic N) is 1. The number of carbonyl (C=O) groups excluding carboxylic acids is 1. The van der Waals surface area contributed by atoms with Gasteiger partial charge in [-0.05, 0) is 36.2 Å². The van der Waals surface area contributed by atoms with Crippen molar-refractivity contribution in [3.8, 4) is 0 Å². The highest BCUT2D eigenvalue weighted by molar-refractivity contribution is 5.99. The summed E-state index contributed by atoms with van der Waals surface area (Å²) in [7, 11) is 0. The van der Waals surface area contributed by atoms with Crippen LogP contribution in [0.1, 0.15) is 18.4 Å². The van der Waals surface area contributed by atoms with Gasteiger partial charge < -0.3 is 20.8 Å². The number of allylic oxidation sites excluding steroid dienone is 2. The number of aromatic nitrogens is 1. The average molecular weight is 339 g/mol. The molecular formula is C19H21N3O3. The van der Waals surface area contributed by atoms with Gasteiger partial charge in [-0.3, -0.25) is 9.78 Å². The predicted octanol–water partition coefficient (Wildman–Crippen LogP) is 1.78. The number of nitrogens with one attached hydrogen (secondary N) is 2. The van der Waals surface area contributed by atoms with Crippen molar-refractivity contribution in [3.63, 3.8) is 0 Å². The maximum atomic E-state index is 12.5. The Kier molecular flexibility index (Phi) is 5.42. The van der Waals surface area contributed by atoms with E-state index in [0.29, 0.717) is 24.4 Å².